The molecular weight excluding hydrogens is 348 g/mol. The number of carbonyl (C=O) groups excluding carboxylic acids is 1. The van der Waals surface area contributed by atoms with E-state index in [0.29, 0.717) is 34.8 Å². The van der Waals surface area contributed by atoms with Crippen LogP contribution in [0, 0.1) is 0 Å². The smallest absolute Gasteiger partial charge is 0.374 e. The van der Waals surface area contributed by atoms with Crippen LogP contribution in [0.4, 0.5) is 0 Å². The lowest BCUT2D eigenvalue weighted by Gasteiger charge is -2.34. The van der Waals surface area contributed by atoms with Gasteiger partial charge >= 0.3 is 5.97 Å². The van der Waals surface area contributed by atoms with Gasteiger partial charge in [0.1, 0.15) is 29.0 Å². The quantitative estimate of drug-likeness (QED) is 0.651. The predicted molar refractivity (Wildman–Crippen MR) is 98.9 cm³/mol. The molecule has 0 saturated heterocycles. The monoisotopic (exact) mass is 370 g/mol. The molecule has 0 spiro atoms. The Morgan fingerprint density at radius 3 is 2.93 bits per heavy atom. The first-order valence-electron chi connectivity index (χ1n) is 8.94. The number of ether oxygens (including phenoxy) is 4. The van der Waals surface area contributed by atoms with Gasteiger partial charge in [0, 0.05) is 17.5 Å². The summed E-state index contributed by atoms with van der Waals surface area (Å²) in [4.78, 5) is 12.1. The van der Waals surface area contributed by atoms with Crippen molar-refractivity contribution in [2.24, 2.45) is 0 Å². The van der Waals surface area contributed by atoms with Gasteiger partial charge in [-0.2, -0.15) is 0 Å². The molecule has 0 aromatic heterocycles. The summed E-state index contributed by atoms with van der Waals surface area (Å²) in [5.41, 5.74) is 1.13. The Morgan fingerprint density at radius 2 is 2.22 bits per heavy atom. The van der Waals surface area contributed by atoms with Crippen LogP contribution in [0.25, 0.3) is 5.57 Å². The van der Waals surface area contributed by atoms with E-state index < -0.39 is 17.7 Å². The summed E-state index contributed by atoms with van der Waals surface area (Å²) >= 11 is 0. The normalized spacial score (nSPS) is 27.6. The number of allylic oxidation sites excluding steroid dienone is 2. The minimum absolute atomic E-state index is 0.0682. The first kappa shape index (κ1) is 17.7. The van der Waals surface area contributed by atoms with Crippen molar-refractivity contribution >= 4 is 11.5 Å². The molecule has 0 amide bonds. The average molecular weight is 370 g/mol. The maximum Gasteiger partial charge on any atom is 0.374 e. The molecule has 3 atom stereocenters. The fraction of sp³-hybridized carbons (Fsp3) is 0.381. The number of esters is 1. The van der Waals surface area contributed by atoms with E-state index in [1.165, 1.54) is 0 Å². The summed E-state index contributed by atoms with van der Waals surface area (Å²) in [5, 5.41) is 10.7. The highest BCUT2D eigenvalue weighted by molar-refractivity contribution is 5.95. The van der Waals surface area contributed by atoms with Crippen LogP contribution in [-0.2, 0) is 9.53 Å². The van der Waals surface area contributed by atoms with Crippen LogP contribution >= 0.6 is 0 Å². The highest BCUT2D eigenvalue weighted by Crippen LogP contribution is 2.55. The summed E-state index contributed by atoms with van der Waals surface area (Å²) in [5.74, 6) is 0.963. The van der Waals surface area contributed by atoms with E-state index in [0.717, 1.165) is 5.56 Å². The third-order valence-corrected chi connectivity index (χ3v) is 5.17. The second-order valence-electron chi connectivity index (χ2n) is 7.10. The van der Waals surface area contributed by atoms with E-state index in [1.54, 1.807) is 33.1 Å². The van der Waals surface area contributed by atoms with Crippen LogP contribution in [0.2, 0.25) is 0 Å². The van der Waals surface area contributed by atoms with Gasteiger partial charge in [0.05, 0.1) is 19.3 Å². The molecule has 27 heavy (non-hydrogen) atoms. The number of rotatable bonds is 3. The van der Waals surface area contributed by atoms with Crippen LogP contribution in [-0.4, -0.2) is 36.5 Å². The van der Waals surface area contributed by atoms with Gasteiger partial charge in [-0.15, -0.1) is 0 Å². The lowest BCUT2D eigenvalue weighted by Crippen LogP contribution is -2.45. The summed E-state index contributed by atoms with van der Waals surface area (Å²) in [7, 11) is 1.58. The second kappa shape index (κ2) is 6.16. The summed E-state index contributed by atoms with van der Waals surface area (Å²) < 4.78 is 22.6. The zero-order valence-electron chi connectivity index (χ0n) is 15.6. The molecule has 2 aliphatic heterocycles. The Labute approximate surface area is 157 Å². The zero-order chi connectivity index (χ0) is 19.3. The van der Waals surface area contributed by atoms with Crippen molar-refractivity contribution in [3.63, 3.8) is 0 Å². The molecule has 6 heteroatoms. The molecule has 2 heterocycles. The Kier molecular flexibility index (Phi) is 4.03. The van der Waals surface area contributed by atoms with E-state index in [9.17, 15) is 9.90 Å². The molecule has 0 fully saturated rings. The van der Waals surface area contributed by atoms with Crippen molar-refractivity contribution in [3.8, 4) is 17.2 Å². The van der Waals surface area contributed by atoms with E-state index in [-0.39, 0.29) is 18.3 Å². The Balaban J connectivity index is 1.82. The molecule has 0 saturated carbocycles. The van der Waals surface area contributed by atoms with E-state index in [4.69, 9.17) is 18.9 Å². The van der Waals surface area contributed by atoms with E-state index >= 15 is 0 Å². The molecule has 1 aromatic rings. The standard InChI is InChI=1S/C21H22O6/c1-5-25-20(22)15-9-11(2)16-13(26-15)10-14-17(18(16)24-4)12-7-6-8-21(3,23)19(12)27-14/h6-7,9-10,12,19,23H,2,5,8H2,1,3-4H3. The van der Waals surface area contributed by atoms with Crippen LogP contribution < -0.4 is 14.2 Å². The highest BCUT2D eigenvalue weighted by atomic mass is 16.6. The van der Waals surface area contributed by atoms with E-state index in [1.807, 2.05) is 12.2 Å². The largest absolute Gasteiger partial charge is 0.496 e. The van der Waals surface area contributed by atoms with Crippen molar-refractivity contribution in [2.45, 2.75) is 37.9 Å². The predicted octanol–water partition coefficient (Wildman–Crippen LogP) is 3.10. The lowest BCUT2D eigenvalue weighted by molar-refractivity contribution is -0.141. The SMILES string of the molecule is C=C1C=C(C(=O)OCC)Oc2cc3c(c(OC)c21)C1C=CCC(C)(O)C1O3. The van der Waals surface area contributed by atoms with Crippen LogP contribution in [0.3, 0.4) is 0 Å². The van der Waals surface area contributed by atoms with Gasteiger partial charge in [-0.1, -0.05) is 18.7 Å². The number of hydrogen-bond donors (Lipinski definition) is 1. The molecule has 4 rings (SSSR count). The van der Waals surface area contributed by atoms with Gasteiger partial charge in [-0.05, 0) is 31.9 Å². The van der Waals surface area contributed by atoms with Gasteiger partial charge in [-0.25, -0.2) is 4.79 Å². The molecule has 3 unspecified atom stereocenters. The molecule has 3 aliphatic rings. The van der Waals surface area contributed by atoms with Crippen molar-refractivity contribution in [1.82, 2.24) is 0 Å². The van der Waals surface area contributed by atoms with Gasteiger partial charge in [-0.3, -0.25) is 0 Å². The second-order valence-corrected chi connectivity index (χ2v) is 7.10. The fourth-order valence-corrected chi connectivity index (χ4v) is 3.96. The zero-order valence-corrected chi connectivity index (χ0v) is 15.6. The van der Waals surface area contributed by atoms with Gasteiger partial charge in [0.2, 0.25) is 5.76 Å². The number of methoxy groups -OCH3 is 1. The molecule has 1 N–H and O–H groups in total. The Morgan fingerprint density at radius 1 is 1.44 bits per heavy atom. The third kappa shape index (κ3) is 2.63. The topological polar surface area (TPSA) is 74.2 Å². The number of carbonyl (C=O) groups is 1. The molecule has 6 nitrogen and oxygen atoms in total. The highest BCUT2D eigenvalue weighted by Gasteiger charge is 2.48. The molecule has 142 valence electrons. The fourth-order valence-electron chi connectivity index (χ4n) is 3.96. The molecule has 0 radical (unpaired) electrons. The number of benzene rings is 1. The van der Waals surface area contributed by atoms with Crippen LogP contribution in [0.15, 0.2) is 36.6 Å². The summed E-state index contributed by atoms with van der Waals surface area (Å²) in [6, 6.07) is 1.73. The molecule has 1 aliphatic carbocycles. The summed E-state index contributed by atoms with van der Waals surface area (Å²) in [6.07, 6.45) is 5.65. The first-order chi connectivity index (χ1) is 12.9. The molecule has 0 bridgehead atoms. The van der Waals surface area contributed by atoms with Crippen LogP contribution in [0.1, 0.15) is 37.3 Å². The van der Waals surface area contributed by atoms with Crippen molar-refractivity contribution in [1.29, 1.82) is 0 Å². The third-order valence-electron chi connectivity index (χ3n) is 5.17. The van der Waals surface area contributed by atoms with Gasteiger partial charge in [0.15, 0.2) is 0 Å². The van der Waals surface area contributed by atoms with Crippen molar-refractivity contribution in [2.75, 3.05) is 13.7 Å². The minimum Gasteiger partial charge on any atom is -0.496 e. The van der Waals surface area contributed by atoms with Crippen LogP contribution in [0.5, 0.6) is 17.2 Å². The van der Waals surface area contributed by atoms with Gasteiger partial charge < -0.3 is 24.1 Å². The van der Waals surface area contributed by atoms with Crippen molar-refractivity contribution in [3.05, 3.63) is 47.8 Å². The maximum atomic E-state index is 12.1. The number of fused-ring (bicyclic) bond motifs is 4. The lowest BCUT2D eigenvalue weighted by atomic mass is 9.78. The maximum absolute atomic E-state index is 12.1. The minimum atomic E-state index is -0.990. The summed E-state index contributed by atoms with van der Waals surface area (Å²) in [6.45, 7) is 7.81. The Bertz CT molecular complexity index is 892. The molecule has 1 aromatic carbocycles. The molecular formula is C21H22O6. The average Bonchev–Trinajstić information content (AvgIpc) is 2.99. The number of aliphatic hydroxyl groups is 1. The van der Waals surface area contributed by atoms with E-state index in [2.05, 4.69) is 6.58 Å². The van der Waals surface area contributed by atoms with Crippen molar-refractivity contribution < 1.29 is 28.8 Å². The Hall–Kier alpha value is -2.73. The van der Waals surface area contributed by atoms with Gasteiger partial charge in [0.25, 0.3) is 0 Å². The number of hydrogen-bond acceptors (Lipinski definition) is 6. The first-order valence-corrected chi connectivity index (χ1v) is 8.94.